The van der Waals surface area contributed by atoms with E-state index in [0.29, 0.717) is 18.4 Å². The lowest BCUT2D eigenvalue weighted by molar-refractivity contribution is 0.309. The van der Waals surface area contributed by atoms with Gasteiger partial charge >= 0.3 is 0 Å². The van der Waals surface area contributed by atoms with Crippen molar-refractivity contribution in [2.75, 3.05) is 13.2 Å². The largest absolute Gasteiger partial charge is 0.477 e. The summed E-state index contributed by atoms with van der Waals surface area (Å²) in [5, 5.41) is 3.47. The molecule has 1 N–H and O–H groups in total. The fourth-order valence-electron chi connectivity index (χ4n) is 1.87. The molecule has 0 fully saturated rings. The molecule has 0 amide bonds. The van der Waals surface area contributed by atoms with Crippen molar-refractivity contribution in [3.8, 4) is 5.88 Å². The lowest BCUT2D eigenvalue weighted by Crippen LogP contribution is -2.20. The molecule has 0 unspecified atom stereocenters. The van der Waals surface area contributed by atoms with Crippen molar-refractivity contribution >= 4 is 0 Å². The van der Waals surface area contributed by atoms with Gasteiger partial charge in [0.1, 0.15) is 0 Å². The molecule has 0 aliphatic carbocycles. The van der Waals surface area contributed by atoms with E-state index in [0.717, 1.165) is 25.2 Å². The third-order valence-electron chi connectivity index (χ3n) is 3.08. The minimum absolute atomic E-state index is 0.0185. The van der Waals surface area contributed by atoms with Crippen LogP contribution < -0.4 is 10.1 Å². The van der Waals surface area contributed by atoms with Crippen LogP contribution in [0.5, 0.6) is 5.88 Å². The van der Waals surface area contributed by atoms with Crippen LogP contribution in [-0.2, 0) is 12.0 Å². The molecule has 1 aromatic rings. The van der Waals surface area contributed by atoms with Gasteiger partial charge in [-0.15, -0.1) is 6.58 Å². The molecule has 3 heteroatoms. The van der Waals surface area contributed by atoms with E-state index in [1.807, 2.05) is 12.1 Å². The van der Waals surface area contributed by atoms with Crippen LogP contribution in [0.3, 0.4) is 0 Å². The van der Waals surface area contributed by atoms with Gasteiger partial charge in [-0.25, -0.2) is 4.98 Å². The van der Waals surface area contributed by atoms with E-state index < -0.39 is 0 Å². The van der Waals surface area contributed by atoms with Gasteiger partial charge in [0, 0.05) is 18.0 Å². The third-order valence-corrected chi connectivity index (χ3v) is 3.08. The van der Waals surface area contributed by atoms with Crippen LogP contribution >= 0.6 is 0 Å². The van der Waals surface area contributed by atoms with Crippen molar-refractivity contribution in [1.82, 2.24) is 10.3 Å². The van der Waals surface area contributed by atoms with E-state index in [9.17, 15) is 0 Å². The van der Waals surface area contributed by atoms with Gasteiger partial charge < -0.3 is 10.1 Å². The summed E-state index contributed by atoms with van der Waals surface area (Å²) in [5.74, 6) is 1.36. The Hall–Kier alpha value is -1.35. The minimum Gasteiger partial charge on any atom is -0.477 e. The minimum atomic E-state index is 0.0185. The highest BCUT2D eigenvalue weighted by Crippen LogP contribution is 2.24. The number of nitrogens with zero attached hydrogens (tertiary/aromatic N) is 1. The van der Waals surface area contributed by atoms with E-state index in [4.69, 9.17) is 4.74 Å². The maximum absolute atomic E-state index is 5.74. The van der Waals surface area contributed by atoms with Crippen LogP contribution in [0.1, 0.15) is 52.3 Å². The van der Waals surface area contributed by atoms with Crippen LogP contribution in [0.25, 0.3) is 0 Å². The monoisotopic (exact) mass is 290 g/mol. The number of hydrogen-bond acceptors (Lipinski definition) is 3. The Morgan fingerprint density at radius 3 is 2.62 bits per heavy atom. The van der Waals surface area contributed by atoms with Crippen LogP contribution in [-0.4, -0.2) is 18.1 Å². The Bertz CT molecular complexity index is 447. The summed E-state index contributed by atoms with van der Waals surface area (Å²) in [6, 6.07) is 4.21. The summed E-state index contributed by atoms with van der Waals surface area (Å²) < 4.78 is 5.74. The Kier molecular flexibility index (Phi) is 6.90. The van der Waals surface area contributed by atoms with E-state index in [1.54, 1.807) is 0 Å². The molecule has 118 valence electrons. The molecular weight excluding hydrogens is 260 g/mol. The SMILES string of the molecule is C=CCCOc1cc(CNCC(C)C)cc(C(C)(C)C)n1. The van der Waals surface area contributed by atoms with Gasteiger partial charge in [-0.1, -0.05) is 40.7 Å². The molecule has 1 heterocycles. The Balaban J connectivity index is 2.84. The number of hydrogen-bond donors (Lipinski definition) is 1. The molecule has 0 spiro atoms. The van der Waals surface area contributed by atoms with Gasteiger partial charge in [0.2, 0.25) is 5.88 Å². The second-order valence-corrected chi connectivity index (χ2v) is 6.90. The summed E-state index contributed by atoms with van der Waals surface area (Å²) in [6.45, 7) is 17.2. The number of pyridine rings is 1. The molecule has 1 aromatic heterocycles. The number of aromatic nitrogens is 1. The van der Waals surface area contributed by atoms with E-state index in [1.165, 1.54) is 5.56 Å². The van der Waals surface area contributed by atoms with Gasteiger partial charge in [-0.3, -0.25) is 0 Å². The number of rotatable bonds is 8. The molecule has 0 atom stereocenters. The lowest BCUT2D eigenvalue weighted by Gasteiger charge is -2.20. The van der Waals surface area contributed by atoms with E-state index in [-0.39, 0.29) is 5.41 Å². The summed E-state index contributed by atoms with van der Waals surface area (Å²) in [7, 11) is 0. The highest BCUT2D eigenvalue weighted by molar-refractivity contribution is 5.28. The fourth-order valence-corrected chi connectivity index (χ4v) is 1.87. The summed E-state index contributed by atoms with van der Waals surface area (Å²) in [5.41, 5.74) is 2.31. The zero-order valence-corrected chi connectivity index (χ0v) is 14.2. The molecule has 0 radical (unpaired) electrons. The predicted molar refractivity (Wildman–Crippen MR) is 89.8 cm³/mol. The Morgan fingerprint density at radius 1 is 1.33 bits per heavy atom. The summed E-state index contributed by atoms with van der Waals surface area (Å²) >= 11 is 0. The van der Waals surface area contributed by atoms with Gasteiger partial charge in [-0.2, -0.15) is 0 Å². The van der Waals surface area contributed by atoms with Gasteiger partial charge in [0.05, 0.1) is 12.3 Å². The average Bonchev–Trinajstić information content (AvgIpc) is 2.37. The second kappa shape index (κ2) is 8.18. The zero-order chi connectivity index (χ0) is 15.9. The number of nitrogens with one attached hydrogen (secondary N) is 1. The van der Waals surface area contributed by atoms with Crippen molar-refractivity contribution in [3.05, 3.63) is 36.0 Å². The summed E-state index contributed by atoms with van der Waals surface area (Å²) in [6.07, 6.45) is 2.70. The molecule has 0 aromatic carbocycles. The first kappa shape index (κ1) is 17.7. The van der Waals surface area contributed by atoms with Crippen molar-refractivity contribution in [2.24, 2.45) is 5.92 Å². The second-order valence-electron chi connectivity index (χ2n) is 6.90. The molecule has 0 saturated carbocycles. The Labute approximate surface area is 129 Å². The smallest absolute Gasteiger partial charge is 0.213 e. The normalized spacial score (nSPS) is 11.7. The van der Waals surface area contributed by atoms with E-state index >= 15 is 0 Å². The zero-order valence-electron chi connectivity index (χ0n) is 14.2. The molecule has 21 heavy (non-hydrogen) atoms. The first-order valence-electron chi connectivity index (χ1n) is 7.78. The Morgan fingerprint density at radius 2 is 2.05 bits per heavy atom. The first-order valence-corrected chi connectivity index (χ1v) is 7.78. The van der Waals surface area contributed by atoms with Crippen molar-refractivity contribution < 1.29 is 4.74 Å². The quantitative estimate of drug-likeness (QED) is 0.578. The molecule has 0 saturated heterocycles. The summed E-state index contributed by atoms with van der Waals surface area (Å²) in [4.78, 5) is 4.64. The fraction of sp³-hybridized carbons (Fsp3) is 0.611. The molecule has 0 aliphatic rings. The van der Waals surface area contributed by atoms with Crippen molar-refractivity contribution in [3.63, 3.8) is 0 Å². The molecule has 1 rings (SSSR count). The maximum atomic E-state index is 5.74. The molecule has 0 bridgehead atoms. The molecular formula is C18H30N2O. The first-order chi connectivity index (χ1) is 9.82. The molecule has 0 aliphatic heterocycles. The predicted octanol–water partition coefficient (Wildman–Crippen LogP) is 4.08. The topological polar surface area (TPSA) is 34.1 Å². The standard InChI is InChI=1S/C18H30N2O/c1-7-8-9-21-17-11-15(13-19-12-14(2)3)10-16(20-17)18(4,5)6/h7,10-11,14,19H,1,8-9,12-13H2,2-6H3. The lowest BCUT2D eigenvalue weighted by atomic mass is 9.91. The van der Waals surface area contributed by atoms with Gasteiger partial charge in [0.25, 0.3) is 0 Å². The van der Waals surface area contributed by atoms with Gasteiger partial charge in [-0.05, 0) is 30.5 Å². The van der Waals surface area contributed by atoms with Gasteiger partial charge in [0.15, 0.2) is 0 Å². The van der Waals surface area contributed by atoms with Crippen molar-refractivity contribution in [2.45, 2.75) is 53.0 Å². The highest BCUT2D eigenvalue weighted by Gasteiger charge is 2.17. The van der Waals surface area contributed by atoms with Crippen LogP contribution in [0.15, 0.2) is 24.8 Å². The number of ether oxygens (including phenoxy) is 1. The van der Waals surface area contributed by atoms with Crippen LogP contribution in [0.4, 0.5) is 0 Å². The van der Waals surface area contributed by atoms with Crippen LogP contribution in [0, 0.1) is 5.92 Å². The van der Waals surface area contributed by atoms with Crippen LogP contribution in [0.2, 0.25) is 0 Å². The maximum Gasteiger partial charge on any atom is 0.213 e. The van der Waals surface area contributed by atoms with Crippen molar-refractivity contribution in [1.29, 1.82) is 0 Å². The molecule has 3 nitrogen and oxygen atoms in total. The van der Waals surface area contributed by atoms with E-state index in [2.05, 4.69) is 57.6 Å². The third kappa shape index (κ3) is 6.76. The average molecular weight is 290 g/mol. The highest BCUT2D eigenvalue weighted by atomic mass is 16.5.